The summed E-state index contributed by atoms with van der Waals surface area (Å²) in [6.45, 7) is 1.04. The van der Waals surface area contributed by atoms with Crippen LogP contribution in [-0.2, 0) is 0 Å². The average Bonchev–Trinajstić information content (AvgIpc) is 2.47. The largest absolute Gasteiger partial charge is 0.508 e. The number of nitrogens with one attached hydrogen (secondary N) is 2. The maximum atomic E-state index is 12.8. The fourth-order valence-corrected chi connectivity index (χ4v) is 1.76. The zero-order valence-electron chi connectivity index (χ0n) is 11.3. The van der Waals surface area contributed by atoms with E-state index in [4.69, 9.17) is 0 Å². The van der Waals surface area contributed by atoms with Crippen molar-refractivity contribution < 1.29 is 14.3 Å². The topological polar surface area (TPSA) is 74.2 Å². The number of halogens is 1. The fourth-order valence-electron chi connectivity index (χ4n) is 1.76. The molecule has 2 aromatic rings. The predicted molar refractivity (Wildman–Crippen MR) is 77.7 cm³/mol. The van der Waals surface area contributed by atoms with Gasteiger partial charge in [0.15, 0.2) is 0 Å². The summed E-state index contributed by atoms with van der Waals surface area (Å²) in [5, 5.41) is 15.0. The van der Waals surface area contributed by atoms with E-state index in [0.717, 1.165) is 0 Å². The van der Waals surface area contributed by atoms with Gasteiger partial charge >= 0.3 is 0 Å². The Balaban J connectivity index is 1.69. The van der Waals surface area contributed by atoms with Gasteiger partial charge in [0.25, 0.3) is 5.91 Å². The Kier molecular flexibility index (Phi) is 5.09. The summed E-state index contributed by atoms with van der Waals surface area (Å²) in [4.78, 5) is 15.4. The highest BCUT2D eigenvalue weighted by atomic mass is 19.1. The van der Waals surface area contributed by atoms with E-state index in [2.05, 4.69) is 15.6 Å². The Morgan fingerprint density at radius 3 is 2.76 bits per heavy atom. The first-order valence-corrected chi connectivity index (χ1v) is 6.59. The molecule has 0 bridgehead atoms. The number of nitrogens with zero attached hydrogens (tertiary/aromatic N) is 1. The van der Waals surface area contributed by atoms with Crippen molar-refractivity contribution in [3.63, 3.8) is 0 Å². The summed E-state index contributed by atoms with van der Waals surface area (Å²) in [5.74, 6) is -0.247. The molecule has 21 heavy (non-hydrogen) atoms. The van der Waals surface area contributed by atoms with E-state index in [1.54, 1.807) is 24.3 Å². The monoisotopic (exact) mass is 289 g/mol. The number of benzene rings is 1. The quantitative estimate of drug-likeness (QED) is 0.563. The van der Waals surface area contributed by atoms with Gasteiger partial charge in [0.2, 0.25) is 5.95 Å². The molecule has 1 aromatic heterocycles. The number of carbonyl (C=O) groups is 1. The van der Waals surface area contributed by atoms with E-state index in [9.17, 15) is 14.3 Å². The highest BCUT2D eigenvalue weighted by molar-refractivity contribution is 5.94. The minimum Gasteiger partial charge on any atom is -0.508 e. The number of phenols is 1. The molecular formula is C15H16FN3O2. The van der Waals surface area contributed by atoms with Gasteiger partial charge in [-0.2, -0.15) is 4.39 Å². The van der Waals surface area contributed by atoms with Crippen molar-refractivity contribution in [1.82, 2.24) is 10.3 Å². The lowest BCUT2D eigenvalue weighted by Gasteiger charge is -2.07. The molecule has 0 unspecified atom stereocenters. The van der Waals surface area contributed by atoms with Gasteiger partial charge in [-0.1, -0.05) is 12.1 Å². The summed E-state index contributed by atoms with van der Waals surface area (Å²) >= 11 is 0. The number of hydrogen-bond acceptors (Lipinski definition) is 4. The first kappa shape index (κ1) is 14.8. The number of carbonyl (C=O) groups excluding carboxylic acids is 1. The SMILES string of the molecule is O=C(NCCCNc1cccc(F)n1)c1cccc(O)c1. The third-order valence-electron chi connectivity index (χ3n) is 2.77. The molecule has 110 valence electrons. The van der Waals surface area contributed by atoms with E-state index in [0.29, 0.717) is 30.9 Å². The van der Waals surface area contributed by atoms with E-state index >= 15 is 0 Å². The lowest BCUT2D eigenvalue weighted by molar-refractivity contribution is 0.0953. The molecule has 0 spiro atoms. The van der Waals surface area contributed by atoms with Crippen molar-refractivity contribution in [2.45, 2.75) is 6.42 Å². The molecule has 3 N–H and O–H groups in total. The highest BCUT2D eigenvalue weighted by Crippen LogP contribution is 2.10. The second kappa shape index (κ2) is 7.23. The van der Waals surface area contributed by atoms with Crippen LogP contribution in [0.15, 0.2) is 42.5 Å². The molecule has 0 fully saturated rings. The minimum atomic E-state index is -0.530. The Bertz CT molecular complexity index is 619. The summed E-state index contributed by atoms with van der Waals surface area (Å²) in [6.07, 6.45) is 0.669. The summed E-state index contributed by atoms with van der Waals surface area (Å²) < 4.78 is 12.8. The van der Waals surface area contributed by atoms with Crippen molar-refractivity contribution in [1.29, 1.82) is 0 Å². The standard InChI is InChI=1S/C15H16FN3O2/c16-13-6-2-7-14(19-13)17-8-3-9-18-15(21)11-4-1-5-12(20)10-11/h1-2,4-7,10,20H,3,8-9H2,(H,17,19)(H,18,21). The van der Waals surface area contributed by atoms with Crippen LogP contribution < -0.4 is 10.6 Å². The number of rotatable bonds is 6. The first-order valence-electron chi connectivity index (χ1n) is 6.59. The van der Waals surface area contributed by atoms with Crippen molar-refractivity contribution >= 4 is 11.7 Å². The number of pyridine rings is 1. The molecule has 0 atom stereocenters. The molecule has 0 aliphatic rings. The Morgan fingerprint density at radius 2 is 2.00 bits per heavy atom. The van der Waals surface area contributed by atoms with E-state index < -0.39 is 5.95 Å². The minimum absolute atomic E-state index is 0.0569. The van der Waals surface area contributed by atoms with Gasteiger partial charge < -0.3 is 15.7 Å². The van der Waals surface area contributed by atoms with Gasteiger partial charge in [0.1, 0.15) is 11.6 Å². The third-order valence-corrected chi connectivity index (χ3v) is 2.77. The van der Waals surface area contributed by atoms with Gasteiger partial charge in [-0.3, -0.25) is 4.79 Å². The molecule has 0 saturated heterocycles. The number of phenolic OH excluding ortho intramolecular Hbond substituents is 1. The Labute approximate surface area is 121 Å². The van der Waals surface area contributed by atoms with Gasteiger partial charge in [-0.15, -0.1) is 0 Å². The molecule has 1 amide bonds. The molecule has 6 heteroatoms. The van der Waals surface area contributed by atoms with Crippen LogP contribution >= 0.6 is 0 Å². The zero-order chi connectivity index (χ0) is 15.1. The summed E-state index contributed by atoms with van der Waals surface area (Å²) in [6, 6.07) is 10.7. The molecule has 1 aromatic carbocycles. The molecule has 0 aliphatic carbocycles. The van der Waals surface area contributed by atoms with Crippen LogP contribution in [0.5, 0.6) is 5.75 Å². The average molecular weight is 289 g/mol. The third kappa shape index (κ3) is 4.76. The van der Waals surface area contributed by atoms with Crippen LogP contribution in [0.2, 0.25) is 0 Å². The molecule has 1 heterocycles. The highest BCUT2D eigenvalue weighted by Gasteiger charge is 2.04. The summed E-state index contributed by atoms with van der Waals surface area (Å²) in [7, 11) is 0. The maximum Gasteiger partial charge on any atom is 0.251 e. The number of anilines is 1. The maximum absolute atomic E-state index is 12.8. The Morgan fingerprint density at radius 1 is 1.19 bits per heavy atom. The number of aromatic nitrogens is 1. The van der Waals surface area contributed by atoms with Crippen LogP contribution in [0.4, 0.5) is 10.2 Å². The van der Waals surface area contributed by atoms with Crippen LogP contribution in [0.1, 0.15) is 16.8 Å². The van der Waals surface area contributed by atoms with Gasteiger partial charge in [0, 0.05) is 18.7 Å². The van der Waals surface area contributed by atoms with Crippen molar-refractivity contribution in [2.24, 2.45) is 0 Å². The molecule has 2 rings (SSSR count). The second-order valence-electron chi connectivity index (χ2n) is 4.43. The van der Waals surface area contributed by atoms with Crippen molar-refractivity contribution in [3.05, 3.63) is 54.0 Å². The first-order chi connectivity index (χ1) is 10.1. The van der Waals surface area contributed by atoms with Gasteiger partial charge in [0.05, 0.1) is 0 Å². The van der Waals surface area contributed by atoms with Crippen LogP contribution in [0.3, 0.4) is 0 Å². The lowest BCUT2D eigenvalue weighted by Crippen LogP contribution is -2.25. The number of hydrogen-bond donors (Lipinski definition) is 3. The van der Waals surface area contributed by atoms with Crippen molar-refractivity contribution in [3.8, 4) is 5.75 Å². The normalized spacial score (nSPS) is 10.1. The molecule has 0 saturated carbocycles. The molecular weight excluding hydrogens is 273 g/mol. The zero-order valence-corrected chi connectivity index (χ0v) is 11.3. The van der Waals surface area contributed by atoms with E-state index in [1.807, 2.05) is 0 Å². The summed E-state index contributed by atoms with van der Waals surface area (Å²) in [5.41, 5.74) is 0.412. The van der Waals surface area contributed by atoms with Gasteiger partial charge in [-0.25, -0.2) is 4.98 Å². The van der Waals surface area contributed by atoms with Crippen LogP contribution in [-0.4, -0.2) is 29.1 Å². The lowest BCUT2D eigenvalue weighted by atomic mass is 10.2. The van der Waals surface area contributed by atoms with Crippen LogP contribution in [0.25, 0.3) is 0 Å². The smallest absolute Gasteiger partial charge is 0.251 e. The van der Waals surface area contributed by atoms with Gasteiger partial charge in [-0.05, 0) is 36.8 Å². The number of amides is 1. The number of aromatic hydroxyl groups is 1. The Hall–Kier alpha value is -2.63. The van der Waals surface area contributed by atoms with E-state index in [1.165, 1.54) is 18.2 Å². The fraction of sp³-hybridized carbons (Fsp3) is 0.200. The van der Waals surface area contributed by atoms with E-state index in [-0.39, 0.29) is 11.7 Å². The predicted octanol–water partition coefficient (Wildman–Crippen LogP) is 2.16. The molecule has 0 aliphatic heterocycles. The second-order valence-corrected chi connectivity index (χ2v) is 4.43. The van der Waals surface area contributed by atoms with Crippen molar-refractivity contribution in [2.75, 3.05) is 18.4 Å². The molecule has 0 radical (unpaired) electrons. The molecule has 5 nitrogen and oxygen atoms in total. The van der Waals surface area contributed by atoms with Crippen LogP contribution in [0, 0.1) is 5.95 Å².